The zero-order chi connectivity index (χ0) is 37.0. The number of hydrogen-bond donors (Lipinski definition) is 0. The zero-order valence-electron chi connectivity index (χ0n) is 30.4. The molecule has 3 heterocycles. The molecule has 1 aliphatic heterocycles. The number of fused-ring (bicyclic) bond motifs is 8. The summed E-state index contributed by atoms with van der Waals surface area (Å²) in [6, 6.07) is 73.3. The first-order valence-electron chi connectivity index (χ1n) is 19.0. The minimum absolute atomic E-state index is 0.707. The fourth-order valence-corrected chi connectivity index (χ4v) is 8.43. The summed E-state index contributed by atoms with van der Waals surface area (Å²) in [7, 11) is 0. The summed E-state index contributed by atoms with van der Waals surface area (Å²) < 4.78 is 2.49. The van der Waals surface area contributed by atoms with Gasteiger partial charge in [-0.25, -0.2) is 9.97 Å². The number of para-hydroxylation sites is 3. The molecule has 0 amide bonds. The van der Waals surface area contributed by atoms with Gasteiger partial charge in [-0.2, -0.15) is 0 Å². The molecule has 0 N–H and O–H groups in total. The molecule has 0 fully saturated rings. The quantitative estimate of drug-likeness (QED) is 0.178. The van der Waals surface area contributed by atoms with Crippen molar-refractivity contribution in [3.05, 3.63) is 206 Å². The van der Waals surface area contributed by atoms with Crippen molar-refractivity contribution in [2.24, 2.45) is 0 Å². The molecule has 0 saturated heterocycles. The Kier molecular flexibility index (Phi) is 7.46. The molecule has 10 aromatic rings. The summed E-state index contributed by atoms with van der Waals surface area (Å²) in [5.41, 5.74) is 15.3. The van der Waals surface area contributed by atoms with Gasteiger partial charge in [-0.15, -0.1) is 0 Å². The standard InChI is InChI=1S/C52H34N4/c1-3-17-36(18-4-1)44-34-45(54-52(53-44)38-19-5-2-6-20-38)37-30-32-39(33-31-37)55-47-26-12-9-23-41(47)50-42-24-10-13-27-48(42)56(51(50)43-25-11-14-28-49(43)55)46-29-15-21-35-16-7-8-22-40(35)46/h1-34H. The van der Waals surface area contributed by atoms with E-state index < -0.39 is 0 Å². The van der Waals surface area contributed by atoms with Crippen LogP contribution < -0.4 is 4.90 Å². The molecule has 4 heteroatoms. The highest BCUT2D eigenvalue weighted by Crippen LogP contribution is 2.54. The fraction of sp³-hybridized carbons (Fsp3) is 0. The van der Waals surface area contributed by atoms with Crippen LogP contribution in [0.25, 0.3) is 83.6 Å². The van der Waals surface area contributed by atoms with E-state index in [1.54, 1.807) is 0 Å². The van der Waals surface area contributed by atoms with E-state index in [4.69, 9.17) is 9.97 Å². The third kappa shape index (κ3) is 5.15. The highest BCUT2D eigenvalue weighted by atomic mass is 15.2. The number of nitrogens with zero attached hydrogens (tertiary/aromatic N) is 4. The fourth-order valence-electron chi connectivity index (χ4n) is 8.43. The second-order valence-corrected chi connectivity index (χ2v) is 14.2. The minimum atomic E-state index is 0.707. The van der Waals surface area contributed by atoms with E-state index in [-0.39, 0.29) is 0 Å². The van der Waals surface area contributed by atoms with Gasteiger partial charge < -0.3 is 9.47 Å². The van der Waals surface area contributed by atoms with Gasteiger partial charge in [0, 0.05) is 49.8 Å². The van der Waals surface area contributed by atoms with E-state index in [9.17, 15) is 0 Å². The van der Waals surface area contributed by atoms with Gasteiger partial charge in [0.15, 0.2) is 5.82 Å². The summed E-state index contributed by atoms with van der Waals surface area (Å²) in [5.74, 6) is 0.707. The topological polar surface area (TPSA) is 34.0 Å². The maximum absolute atomic E-state index is 5.11. The first-order chi connectivity index (χ1) is 27.8. The Morgan fingerprint density at radius 1 is 0.375 bits per heavy atom. The smallest absolute Gasteiger partial charge is 0.160 e. The van der Waals surface area contributed by atoms with Gasteiger partial charge >= 0.3 is 0 Å². The van der Waals surface area contributed by atoms with Crippen LogP contribution in [0.4, 0.5) is 17.1 Å². The molecule has 0 radical (unpaired) electrons. The average Bonchev–Trinajstić information content (AvgIpc) is 3.55. The number of rotatable bonds is 5. The summed E-state index contributed by atoms with van der Waals surface area (Å²) in [4.78, 5) is 12.5. The van der Waals surface area contributed by atoms with Crippen LogP contribution in [0.3, 0.4) is 0 Å². The lowest BCUT2D eigenvalue weighted by Gasteiger charge is -2.27. The van der Waals surface area contributed by atoms with Crippen LogP contribution in [0.1, 0.15) is 0 Å². The van der Waals surface area contributed by atoms with Gasteiger partial charge in [0.2, 0.25) is 0 Å². The van der Waals surface area contributed by atoms with Gasteiger partial charge in [-0.1, -0.05) is 164 Å². The van der Waals surface area contributed by atoms with Crippen molar-refractivity contribution in [1.29, 1.82) is 0 Å². The Bertz CT molecular complexity index is 3010. The number of anilines is 3. The number of hydrogen-bond acceptors (Lipinski definition) is 3. The van der Waals surface area contributed by atoms with Gasteiger partial charge in [0.05, 0.1) is 39.7 Å². The molecule has 0 bridgehead atoms. The average molecular weight is 715 g/mol. The molecular weight excluding hydrogens is 681 g/mol. The van der Waals surface area contributed by atoms with Crippen molar-refractivity contribution >= 4 is 38.7 Å². The van der Waals surface area contributed by atoms with Crippen LogP contribution in [-0.2, 0) is 0 Å². The monoisotopic (exact) mass is 714 g/mol. The van der Waals surface area contributed by atoms with Crippen LogP contribution in [0.5, 0.6) is 0 Å². The second-order valence-electron chi connectivity index (χ2n) is 14.2. The van der Waals surface area contributed by atoms with Crippen LogP contribution in [0.2, 0.25) is 0 Å². The zero-order valence-corrected chi connectivity index (χ0v) is 30.4. The summed E-state index contributed by atoms with van der Waals surface area (Å²) in [6.45, 7) is 0. The highest BCUT2D eigenvalue weighted by molar-refractivity contribution is 6.13. The summed E-state index contributed by atoms with van der Waals surface area (Å²) in [6.07, 6.45) is 0. The summed E-state index contributed by atoms with van der Waals surface area (Å²) in [5, 5.41) is 3.66. The molecule has 262 valence electrons. The third-order valence-electron chi connectivity index (χ3n) is 10.9. The molecule has 0 atom stereocenters. The van der Waals surface area contributed by atoms with Crippen molar-refractivity contribution in [1.82, 2.24) is 14.5 Å². The van der Waals surface area contributed by atoms with Gasteiger partial charge in [0.25, 0.3) is 0 Å². The molecule has 8 aromatic carbocycles. The maximum Gasteiger partial charge on any atom is 0.160 e. The van der Waals surface area contributed by atoms with Crippen molar-refractivity contribution in [2.75, 3.05) is 4.90 Å². The lowest BCUT2D eigenvalue weighted by atomic mass is 9.98. The molecule has 0 unspecified atom stereocenters. The molecule has 56 heavy (non-hydrogen) atoms. The predicted molar refractivity (Wildman–Crippen MR) is 232 cm³/mol. The molecule has 1 aliphatic rings. The van der Waals surface area contributed by atoms with Crippen molar-refractivity contribution < 1.29 is 0 Å². The van der Waals surface area contributed by atoms with Crippen LogP contribution in [-0.4, -0.2) is 14.5 Å². The van der Waals surface area contributed by atoms with Crippen molar-refractivity contribution in [2.45, 2.75) is 0 Å². The van der Waals surface area contributed by atoms with E-state index in [1.165, 1.54) is 49.7 Å². The Hall–Kier alpha value is -7.56. The second kappa shape index (κ2) is 13.1. The largest absolute Gasteiger partial charge is 0.309 e. The Labute approximate surface area is 325 Å². The van der Waals surface area contributed by atoms with Crippen LogP contribution in [0.15, 0.2) is 206 Å². The molecule has 0 saturated carbocycles. The lowest BCUT2D eigenvalue weighted by molar-refractivity contribution is 1.15. The van der Waals surface area contributed by atoms with Crippen LogP contribution in [0, 0.1) is 0 Å². The normalized spacial score (nSPS) is 11.9. The van der Waals surface area contributed by atoms with E-state index >= 15 is 0 Å². The predicted octanol–water partition coefficient (Wildman–Crippen LogP) is 13.7. The molecule has 2 aromatic heterocycles. The van der Waals surface area contributed by atoms with Gasteiger partial charge in [-0.3, -0.25) is 0 Å². The van der Waals surface area contributed by atoms with E-state index in [2.05, 4.69) is 191 Å². The van der Waals surface area contributed by atoms with Crippen LogP contribution >= 0.6 is 0 Å². The molecule has 11 rings (SSSR count). The molecule has 0 spiro atoms. The maximum atomic E-state index is 5.11. The Balaban J connectivity index is 1.11. The number of aromatic nitrogens is 3. The number of benzene rings is 8. The third-order valence-corrected chi connectivity index (χ3v) is 10.9. The molecular formula is C52H34N4. The Morgan fingerprint density at radius 3 is 1.66 bits per heavy atom. The first-order valence-corrected chi connectivity index (χ1v) is 19.0. The summed E-state index contributed by atoms with van der Waals surface area (Å²) >= 11 is 0. The first kappa shape index (κ1) is 31.9. The molecule has 4 nitrogen and oxygen atoms in total. The highest BCUT2D eigenvalue weighted by Gasteiger charge is 2.31. The van der Waals surface area contributed by atoms with Crippen molar-refractivity contribution in [3.63, 3.8) is 0 Å². The van der Waals surface area contributed by atoms with E-state index in [0.717, 1.165) is 45.1 Å². The lowest BCUT2D eigenvalue weighted by Crippen LogP contribution is -2.11. The SMILES string of the molecule is c1ccc(-c2cc(-c3ccc(N4c5ccccc5-c5c(n(-c6cccc7ccccc67)c6ccccc56)-c5ccccc54)cc3)nc(-c3ccccc3)n2)cc1. The minimum Gasteiger partial charge on any atom is -0.309 e. The molecule has 0 aliphatic carbocycles. The van der Waals surface area contributed by atoms with Gasteiger partial charge in [0.1, 0.15) is 0 Å². The van der Waals surface area contributed by atoms with Gasteiger partial charge in [-0.05, 0) is 47.9 Å². The van der Waals surface area contributed by atoms with E-state index in [0.29, 0.717) is 5.82 Å². The van der Waals surface area contributed by atoms with Crippen molar-refractivity contribution in [3.8, 4) is 62.0 Å². The van der Waals surface area contributed by atoms with E-state index in [1.807, 2.05) is 24.3 Å². The Morgan fingerprint density at radius 2 is 0.911 bits per heavy atom.